The van der Waals surface area contributed by atoms with Crippen LogP contribution in [0.2, 0.25) is 0 Å². The first kappa shape index (κ1) is 18.1. The summed E-state index contributed by atoms with van der Waals surface area (Å²) in [5.41, 5.74) is 3.71. The van der Waals surface area contributed by atoms with E-state index in [1.165, 1.54) is 16.6 Å². The molecule has 0 aliphatic carbocycles. The minimum Gasteiger partial charge on any atom is -0.497 e. The van der Waals surface area contributed by atoms with Gasteiger partial charge in [-0.3, -0.25) is 4.90 Å². The number of benzene rings is 1. The van der Waals surface area contributed by atoms with E-state index in [4.69, 9.17) is 4.74 Å². The molecule has 2 aromatic heterocycles. The van der Waals surface area contributed by atoms with Crippen molar-refractivity contribution in [3.63, 3.8) is 0 Å². The second-order valence-electron chi connectivity index (χ2n) is 7.59. The summed E-state index contributed by atoms with van der Waals surface area (Å²) in [5.74, 6) is 1.93. The topological polar surface area (TPSA) is 66.3 Å². The molecule has 1 unspecified atom stereocenters. The molecule has 0 amide bonds. The molecule has 4 rings (SSSR count). The quantitative estimate of drug-likeness (QED) is 0.726. The Morgan fingerprint density at radius 3 is 2.78 bits per heavy atom. The Morgan fingerprint density at radius 1 is 1.33 bits per heavy atom. The molecule has 3 aromatic rings. The van der Waals surface area contributed by atoms with Gasteiger partial charge >= 0.3 is 0 Å². The number of likely N-dealkylation sites (tertiary alicyclic amines) is 1. The Bertz CT molecular complexity index is 922. The summed E-state index contributed by atoms with van der Waals surface area (Å²) in [6.07, 6.45) is 5.14. The Hall–Kier alpha value is -2.31. The zero-order chi connectivity index (χ0) is 19.0. The zero-order valence-corrected chi connectivity index (χ0v) is 16.3. The number of hydrogen-bond donors (Lipinski definition) is 2. The van der Waals surface area contributed by atoms with Crippen molar-refractivity contribution in [1.82, 2.24) is 19.4 Å². The summed E-state index contributed by atoms with van der Waals surface area (Å²) in [4.78, 5) is 10.3. The van der Waals surface area contributed by atoms with Crippen LogP contribution in [0.4, 0.5) is 0 Å². The first-order valence-electron chi connectivity index (χ1n) is 9.59. The summed E-state index contributed by atoms with van der Waals surface area (Å²) >= 11 is 0. The van der Waals surface area contributed by atoms with Gasteiger partial charge in [0.05, 0.1) is 7.11 Å². The van der Waals surface area contributed by atoms with Crippen LogP contribution < -0.4 is 4.74 Å². The number of nitrogens with zero attached hydrogens (tertiary/aromatic N) is 3. The number of fused-ring (bicyclic) bond motifs is 1. The van der Waals surface area contributed by atoms with E-state index < -0.39 is 6.10 Å². The Labute approximate surface area is 159 Å². The molecule has 1 aliphatic rings. The van der Waals surface area contributed by atoms with Gasteiger partial charge < -0.3 is 19.4 Å². The average Bonchev–Trinajstić information content (AvgIpc) is 3.25. The third kappa shape index (κ3) is 3.47. The lowest BCUT2D eigenvalue weighted by atomic mass is 9.90. The van der Waals surface area contributed by atoms with Crippen molar-refractivity contribution < 1.29 is 9.84 Å². The molecule has 0 bridgehead atoms. The van der Waals surface area contributed by atoms with Crippen molar-refractivity contribution >= 4 is 10.9 Å². The number of piperidine rings is 1. The van der Waals surface area contributed by atoms with E-state index in [9.17, 15) is 5.11 Å². The molecule has 1 atom stereocenters. The highest BCUT2D eigenvalue weighted by molar-refractivity contribution is 5.85. The monoisotopic (exact) mass is 368 g/mol. The lowest BCUT2D eigenvalue weighted by Crippen LogP contribution is -2.35. The Morgan fingerprint density at radius 2 is 2.11 bits per heavy atom. The Balaban J connectivity index is 1.41. The van der Waals surface area contributed by atoms with Crippen LogP contribution >= 0.6 is 0 Å². The largest absolute Gasteiger partial charge is 0.497 e. The zero-order valence-electron chi connectivity index (χ0n) is 16.3. The number of aryl methyl sites for hydroxylation is 2. The second-order valence-corrected chi connectivity index (χ2v) is 7.59. The number of ether oxygens (including phenoxy) is 1. The smallest absolute Gasteiger partial charge is 0.137 e. The summed E-state index contributed by atoms with van der Waals surface area (Å²) in [6.45, 7) is 5.06. The van der Waals surface area contributed by atoms with Crippen molar-refractivity contribution in [1.29, 1.82) is 0 Å². The van der Waals surface area contributed by atoms with E-state index in [0.29, 0.717) is 0 Å². The van der Waals surface area contributed by atoms with Gasteiger partial charge in [0.25, 0.3) is 0 Å². The number of H-pyrrole nitrogens is 1. The van der Waals surface area contributed by atoms with Crippen LogP contribution in [-0.2, 0) is 13.6 Å². The molecule has 1 saturated heterocycles. The molecule has 144 valence electrons. The number of aliphatic hydroxyl groups is 1. The lowest BCUT2D eigenvalue weighted by molar-refractivity contribution is 0.0489. The van der Waals surface area contributed by atoms with Gasteiger partial charge in [0.15, 0.2) is 0 Å². The minimum atomic E-state index is -0.477. The number of imidazole rings is 1. The number of hydrogen-bond acceptors (Lipinski definition) is 4. The standard InChI is InChI=1S/C21H28N4O2/c1-14-17-12-16(27-3)4-5-18(17)23-19(14)13-25-9-6-15(7-10-25)20(26)21-22-8-11-24(21)2/h4-5,8,11-12,15,20,23,26H,6-7,9-10,13H2,1-3H3. The van der Waals surface area contributed by atoms with Crippen molar-refractivity contribution in [2.24, 2.45) is 13.0 Å². The molecule has 0 radical (unpaired) electrons. The lowest BCUT2D eigenvalue weighted by Gasteiger charge is -2.33. The second kappa shape index (κ2) is 7.37. The van der Waals surface area contributed by atoms with Gasteiger partial charge in [0.1, 0.15) is 17.7 Å². The minimum absolute atomic E-state index is 0.274. The molecule has 0 spiro atoms. The van der Waals surface area contributed by atoms with Crippen LogP contribution in [0.1, 0.15) is 36.0 Å². The van der Waals surface area contributed by atoms with Gasteiger partial charge in [-0.15, -0.1) is 0 Å². The van der Waals surface area contributed by atoms with Gasteiger partial charge in [-0.2, -0.15) is 0 Å². The molecule has 1 aromatic carbocycles. The van der Waals surface area contributed by atoms with Crippen molar-refractivity contribution in [2.75, 3.05) is 20.2 Å². The fourth-order valence-electron chi connectivity index (χ4n) is 4.17. The highest BCUT2D eigenvalue weighted by atomic mass is 16.5. The SMILES string of the molecule is COc1ccc2[nH]c(CN3CCC(C(O)c4nccn4C)CC3)c(C)c2c1. The van der Waals surface area contributed by atoms with Gasteiger partial charge in [-0.05, 0) is 62.5 Å². The van der Waals surface area contributed by atoms with Gasteiger partial charge in [0.2, 0.25) is 0 Å². The number of methoxy groups -OCH3 is 1. The van der Waals surface area contributed by atoms with Crippen LogP contribution in [-0.4, -0.2) is 44.7 Å². The molecule has 6 nitrogen and oxygen atoms in total. The third-order valence-electron chi connectivity index (χ3n) is 5.95. The number of aromatic nitrogens is 3. The highest BCUT2D eigenvalue weighted by Crippen LogP contribution is 2.31. The van der Waals surface area contributed by atoms with Crippen LogP contribution in [0.5, 0.6) is 5.75 Å². The van der Waals surface area contributed by atoms with Gasteiger partial charge in [-0.1, -0.05) is 0 Å². The van der Waals surface area contributed by atoms with E-state index in [1.54, 1.807) is 13.3 Å². The number of aliphatic hydroxyl groups excluding tert-OH is 1. The third-order valence-corrected chi connectivity index (χ3v) is 5.95. The van der Waals surface area contributed by atoms with Crippen molar-refractivity contribution in [3.8, 4) is 5.75 Å². The van der Waals surface area contributed by atoms with Crippen LogP contribution in [0.15, 0.2) is 30.6 Å². The van der Waals surface area contributed by atoms with E-state index >= 15 is 0 Å². The predicted molar refractivity (Wildman–Crippen MR) is 106 cm³/mol. The number of rotatable bonds is 5. The molecular weight excluding hydrogens is 340 g/mol. The maximum Gasteiger partial charge on any atom is 0.137 e. The molecule has 1 fully saturated rings. The normalized spacial score (nSPS) is 17.5. The molecule has 3 heterocycles. The summed E-state index contributed by atoms with van der Waals surface area (Å²) in [6, 6.07) is 6.17. The van der Waals surface area contributed by atoms with Crippen molar-refractivity contribution in [3.05, 3.63) is 47.7 Å². The van der Waals surface area contributed by atoms with E-state index in [0.717, 1.165) is 49.6 Å². The summed E-state index contributed by atoms with van der Waals surface area (Å²) in [5, 5.41) is 11.9. The molecule has 0 saturated carbocycles. The number of nitrogens with one attached hydrogen (secondary N) is 1. The summed E-state index contributed by atoms with van der Waals surface area (Å²) < 4.78 is 7.27. The molecule has 27 heavy (non-hydrogen) atoms. The molecule has 1 aliphatic heterocycles. The van der Waals surface area contributed by atoms with Gasteiger partial charge in [0, 0.05) is 42.6 Å². The van der Waals surface area contributed by atoms with Crippen molar-refractivity contribution in [2.45, 2.75) is 32.4 Å². The van der Waals surface area contributed by atoms with Crippen LogP contribution in [0, 0.1) is 12.8 Å². The Kier molecular flexibility index (Phi) is 4.93. The average molecular weight is 368 g/mol. The maximum absolute atomic E-state index is 10.7. The predicted octanol–water partition coefficient (Wildman–Crippen LogP) is 3.16. The first-order valence-corrected chi connectivity index (χ1v) is 9.59. The van der Waals surface area contributed by atoms with E-state index in [1.807, 2.05) is 23.9 Å². The van der Waals surface area contributed by atoms with E-state index in [2.05, 4.69) is 33.9 Å². The fourth-order valence-corrected chi connectivity index (χ4v) is 4.17. The number of aromatic amines is 1. The fraction of sp³-hybridized carbons (Fsp3) is 0.476. The van der Waals surface area contributed by atoms with E-state index in [-0.39, 0.29) is 5.92 Å². The van der Waals surface area contributed by atoms with Crippen LogP contribution in [0.3, 0.4) is 0 Å². The molecule has 2 N–H and O–H groups in total. The molecular formula is C21H28N4O2. The van der Waals surface area contributed by atoms with Crippen LogP contribution in [0.25, 0.3) is 10.9 Å². The summed E-state index contributed by atoms with van der Waals surface area (Å²) in [7, 11) is 3.64. The first-order chi connectivity index (χ1) is 13.1. The highest BCUT2D eigenvalue weighted by Gasteiger charge is 2.28. The molecule has 6 heteroatoms. The maximum atomic E-state index is 10.7. The van der Waals surface area contributed by atoms with Gasteiger partial charge in [-0.25, -0.2) is 4.98 Å².